The third-order valence-corrected chi connectivity index (χ3v) is 6.76. The predicted molar refractivity (Wildman–Crippen MR) is 115 cm³/mol. The molecule has 0 radical (unpaired) electrons. The summed E-state index contributed by atoms with van der Waals surface area (Å²) in [7, 11) is 1.96. The summed E-state index contributed by atoms with van der Waals surface area (Å²) in [5.41, 5.74) is 6.18. The summed E-state index contributed by atoms with van der Waals surface area (Å²) in [6.45, 7) is 0. The van der Waals surface area contributed by atoms with Crippen LogP contribution in [0.4, 0.5) is 0 Å². The first-order valence-corrected chi connectivity index (χ1v) is 10.3. The van der Waals surface area contributed by atoms with E-state index >= 15 is 0 Å². The largest absolute Gasteiger partial charge is 0.455 e. The molecule has 3 N–H and O–H groups in total. The molecule has 4 rings (SSSR count). The number of rotatable bonds is 5. The number of thioether (sulfide) groups is 1. The zero-order valence-electron chi connectivity index (χ0n) is 15.9. The van der Waals surface area contributed by atoms with Gasteiger partial charge < -0.3 is 20.0 Å². The molecule has 156 valence electrons. The summed E-state index contributed by atoms with van der Waals surface area (Å²) in [6, 6.07) is 4.18. The zero-order chi connectivity index (χ0) is 18.1. The highest BCUT2D eigenvalue weighted by molar-refractivity contribution is 7.98. The third kappa shape index (κ3) is 5.06. The Kier molecular flexibility index (Phi) is 8.30. The Bertz CT molecular complexity index is 768. The molecule has 2 atom stereocenters. The lowest BCUT2D eigenvalue weighted by atomic mass is 9.67. The van der Waals surface area contributed by atoms with Crippen LogP contribution in [0.1, 0.15) is 48.4 Å². The number of furan rings is 1. The maximum atomic E-state index is 12.7. The van der Waals surface area contributed by atoms with Gasteiger partial charge in [0.2, 0.25) is 0 Å². The Hall–Kier alpha value is -1.15. The monoisotopic (exact) mass is 446 g/mol. The van der Waals surface area contributed by atoms with E-state index in [1.54, 1.807) is 24.0 Å². The number of nitrogens with zero attached hydrogens (tertiary/aromatic N) is 2. The molecule has 0 aliphatic heterocycles. The van der Waals surface area contributed by atoms with Crippen molar-refractivity contribution < 1.29 is 9.21 Å². The number of halogens is 2. The Balaban J connectivity index is 0.00000140. The van der Waals surface area contributed by atoms with E-state index in [1.165, 1.54) is 19.3 Å². The molecule has 2 unspecified atom stereocenters. The highest BCUT2D eigenvalue weighted by atomic mass is 35.5. The van der Waals surface area contributed by atoms with Crippen molar-refractivity contribution in [1.82, 2.24) is 14.9 Å². The SMILES string of the molecule is Cl.Cl.Cn1ccnc1SCc1ccc(C(=O)NC2C3CCCC2CC(N)C3)o1. The van der Waals surface area contributed by atoms with Crippen molar-refractivity contribution in [3.8, 4) is 0 Å². The lowest BCUT2D eigenvalue weighted by molar-refractivity contribution is 0.0731. The van der Waals surface area contributed by atoms with Gasteiger partial charge in [-0.25, -0.2) is 4.98 Å². The number of hydrogen-bond acceptors (Lipinski definition) is 5. The second-order valence-electron chi connectivity index (χ2n) is 7.56. The van der Waals surface area contributed by atoms with E-state index in [0.29, 0.717) is 23.3 Å². The van der Waals surface area contributed by atoms with Gasteiger partial charge in [-0.1, -0.05) is 18.2 Å². The smallest absolute Gasteiger partial charge is 0.287 e. The lowest BCUT2D eigenvalue weighted by Gasteiger charge is -2.45. The number of amides is 1. The topological polar surface area (TPSA) is 86.1 Å². The first-order valence-electron chi connectivity index (χ1n) is 9.35. The van der Waals surface area contributed by atoms with Crippen LogP contribution in [0, 0.1) is 11.8 Å². The summed E-state index contributed by atoms with van der Waals surface area (Å²) in [6.07, 6.45) is 9.31. The minimum absolute atomic E-state index is 0. The number of imidazole rings is 1. The number of fused-ring (bicyclic) bond motifs is 2. The van der Waals surface area contributed by atoms with Crippen molar-refractivity contribution in [3.63, 3.8) is 0 Å². The van der Waals surface area contributed by atoms with Crippen molar-refractivity contribution in [2.45, 2.75) is 55.1 Å². The van der Waals surface area contributed by atoms with Gasteiger partial charge in [0.1, 0.15) is 5.76 Å². The van der Waals surface area contributed by atoms with E-state index < -0.39 is 0 Å². The maximum absolute atomic E-state index is 12.7. The van der Waals surface area contributed by atoms with Gasteiger partial charge in [-0.2, -0.15) is 0 Å². The molecule has 6 nitrogen and oxygen atoms in total. The van der Waals surface area contributed by atoms with Crippen molar-refractivity contribution in [2.24, 2.45) is 24.6 Å². The van der Waals surface area contributed by atoms with E-state index in [2.05, 4.69) is 10.3 Å². The lowest BCUT2D eigenvalue weighted by Crippen LogP contribution is -2.53. The first-order chi connectivity index (χ1) is 12.6. The number of aryl methyl sites for hydroxylation is 1. The predicted octanol–water partition coefficient (Wildman–Crippen LogP) is 3.78. The Labute approximate surface area is 182 Å². The van der Waals surface area contributed by atoms with Gasteiger partial charge in [-0.05, 0) is 49.7 Å². The zero-order valence-corrected chi connectivity index (χ0v) is 18.3. The highest BCUT2D eigenvalue weighted by Crippen LogP contribution is 2.39. The average molecular weight is 447 g/mol. The van der Waals surface area contributed by atoms with Crippen molar-refractivity contribution in [2.75, 3.05) is 0 Å². The number of nitrogens with one attached hydrogen (secondary N) is 1. The Morgan fingerprint density at radius 1 is 1.32 bits per heavy atom. The molecule has 0 saturated heterocycles. The summed E-state index contributed by atoms with van der Waals surface area (Å²) in [4.78, 5) is 16.9. The molecule has 2 saturated carbocycles. The molecule has 2 aliphatic carbocycles. The van der Waals surface area contributed by atoms with E-state index in [4.69, 9.17) is 10.2 Å². The fraction of sp³-hybridized carbons (Fsp3) is 0.579. The van der Waals surface area contributed by atoms with Gasteiger partial charge in [-0.15, -0.1) is 24.8 Å². The summed E-state index contributed by atoms with van der Waals surface area (Å²) in [5.74, 6) is 2.75. The molecule has 28 heavy (non-hydrogen) atoms. The second-order valence-corrected chi connectivity index (χ2v) is 8.50. The van der Waals surface area contributed by atoms with Gasteiger partial charge in [0.25, 0.3) is 5.91 Å². The average Bonchev–Trinajstić information content (AvgIpc) is 3.23. The van der Waals surface area contributed by atoms with Crippen LogP contribution in [-0.4, -0.2) is 27.5 Å². The molecule has 2 heterocycles. The number of carbonyl (C=O) groups is 1. The number of aromatic nitrogens is 2. The number of nitrogens with two attached hydrogens (primary N) is 1. The number of hydrogen-bond donors (Lipinski definition) is 2. The van der Waals surface area contributed by atoms with Gasteiger partial charge in [0.15, 0.2) is 10.9 Å². The normalized spacial score (nSPS) is 26.1. The third-order valence-electron chi connectivity index (χ3n) is 5.68. The van der Waals surface area contributed by atoms with Crippen molar-refractivity contribution in [3.05, 3.63) is 36.0 Å². The Morgan fingerprint density at radius 3 is 2.68 bits per heavy atom. The summed E-state index contributed by atoms with van der Waals surface area (Å²) in [5, 5.41) is 4.17. The van der Waals surface area contributed by atoms with Crippen molar-refractivity contribution in [1.29, 1.82) is 0 Å². The summed E-state index contributed by atoms with van der Waals surface area (Å²) < 4.78 is 7.74. The molecule has 0 aromatic carbocycles. The molecule has 2 aliphatic rings. The van der Waals surface area contributed by atoms with Crippen LogP contribution in [0.3, 0.4) is 0 Å². The standard InChI is InChI=1S/C19H26N4O2S.2ClH/c1-23-8-7-21-19(23)26-11-15-5-6-16(25-15)18(24)22-17-12-3-2-4-13(17)10-14(20)9-12;;/h5-8,12-14,17H,2-4,9-11,20H2,1H3,(H,22,24);2*1H. The van der Waals surface area contributed by atoms with E-state index in [1.807, 2.05) is 23.9 Å². The van der Waals surface area contributed by atoms with Crippen LogP contribution >= 0.6 is 36.6 Å². The fourth-order valence-corrected chi connectivity index (χ4v) is 5.28. The van der Waals surface area contributed by atoms with E-state index in [0.717, 1.165) is 23.8 Å². The Morgan fingerprint density at radius 2 is 2.04 bits per heavy atom. The minimum atomic E-state index is -0.101. The van der Waals surface area contributed by atoms with E-state index in [-0.39, 0.29) is 42.8 Å². The van der Waals surface area contributed by atoms with Crippen LogP contribution in [0.5, 0.6) is 0 Å². The molecule has 2 aromatic rings. The van der Waals surface area contributed by atoms with Crippen LogP contribution in [0.15, 0.2) is 34.1 Å². The molecule has 1 amide bonds. The molecular formula is C19H28Cl2N4O2S. The molecular weight excluding hydrogens is 419 g/mol. The van der Waals surface area contributed by atoms with Crippen LogP contribution < -0.4 is 11.1 Å². The minimum Gasteiger partial charge on any atom is -0.455 e. The van der Waals surface area contributed by atoms with Crippen molar-refractivity contribution >= 4 is 42.5 Å². The molecule has 2 fully saturated rings. The molecule has 0 spiro atoms. The van der Waals surface area contributed by atoms with Gasteiger partial charge in [0.05, 0.1) is 5.75 Å². The second kappa shape index (κ2) is 10.1. The molecule has 2 aromatic heterocycles. The van der Waals surface area contributed by atoms with E-state index in [9.17, 15) is 4.79 Å². The van der Waals surface area contributed by atoms with Gasteiger partial charge in [-0.3, -0.25) is 4.79 Å². The quantitative estimate of drug-likeness (QED) is 0.682. The maximum Gasteiger partial charge on any atom is 0.287 e. The molecule has 2 bridgehead atoms. The van der Waals surface area contributed by atoms with Crippen LogP contribution in [0.2, 0.25) is 0 Å². The van der Waals surface area contributed by atoms with Crippen LogP contribution in [-0.2, 0) is 12.8 Å². The first kappa shape index (κ1) is 23.1. The molecule has 9 heteroatoms. The van der Waals surface area contributed by atoms with Crippen LogP contribution in [0.25, 0.3) is 0 Å². The number of carbonyl (C=O) groups excluding carboxylic acids is 1. The fourth-order valence-electron chi connectivity index (χ4n) is 4.45. The van der Waals surface area contributed by atoms with Gasteiger partial charge in [0, 0.05) is 31.5 Å². The van der Waals surface area contributed by atoms with Gasteiger partial charge >= 0.3 is 0 Å². The summed E-state index contributed by atoms with van der Waals surface area (Å²) >= 11 is 1.59. The highest BCUT2D eigenvalue weighted by Gasteiger charge is 2.40.